The van der Waals surface area contributed by atoms with Crippen molar-refractivity contribution in [2.75, 3.05) is 18.6 Å². The number of methoxy groups -OCH3 is 1. The number of hydrogen-bond donors (Lipinski definition) is 0. The Morgan fingerprint density at radius 1 is 1.04 bits per heavy atom. The Hall–Kier alpha value is -2.79. The van der Waals surface area contributed by atoms with Crippen molar-refractivity contribution in [3.63, 3.8) is 0 Å². The molecule has 0 N–H and O–H groups in total. The van der Waals surface area contributed by atoms with Gasteiger partial charge in [-0.2, -0.15) is 0 Å². The fourth-order valence-electron chi connectivity index (χ4n) is 2.70. The smallest absolute Gasteiger partial charge is 0.258 e. The second-order valence-electron chi connectivity index (χ2n) is 6.04. The molecule has 140 valence electrons. The third-order valence-corrected chi connectivity index (χ3v) is 4.94. The van der Waals surface area contributed by atoms with Gasteiger partial charge in [-0.05, 0) is 60.3 Å². The molecule has 0 aliphatic rings. The van der Waals surface area contributed by atoms with Crippen LogP contribution in [0.5, 0.6) is 11.5 Å². The van der Waals surface area contributed by atoms with Crippen LogP contribution < -0.4 is 14.4 Å². The first kappa shape index (κ1) is 19.0. The Morgan fingerprint density at radius 3 is 2.52 bits per heavy atom. The molecule has 4 nitrogen and oxygen atoms in total. The van der Waals surface area contributed by atoms with Crippen molar-refractivity contribution in [3.05, 3.63) is 76.5 Å². The highest BCUT2D eigenvalue weighted by Gasteiger charge is 2.19. The van der Waals surface area contributed by atoms with E-state index in [1.165, 1.54) is 0 Å². The highest BCUT2D eigenvalue weighted by atomic mass is 32.1. The lowest BCUT2D eigenvalue weighted by atomic mass is 10.1. The van der Waals surface area contributed by atoms with Gasteiger partial charge in [0.1, 0.15) is 11.5 Å². The maximum absolute atomic E-state index is 13.3. The Balaban J connectivity index is 1.90. The Labute approximate surface area is 164 Å². The van der Waals surface area contributed by atoms with Crippen LogP contribution in [0.2, 0.25) is 0 Å². The molecule has 0 atom stereocenters. The molecular formula is C22H23NO3S. The fourth-order valence-corrected chi connectivity index (χ4v) is 3.39. The van der Waals surface area contributed by atoms with Crippen LogP contribution in [0.4, 0.5) is 5.69 Å². The second-order valence-corrected chi connectivity index (χ2v) is 7.08. The maximum atomic E-state index is 13.3. The van der Waals surface area contributed by atoms with Gasteiger partial charge in [0, 0.05) is 16.1 Å². The molecule has 1 heterocycles. The zero-order valence-corrected chi connectivity index (χ0v) is 16.4. The molecule has 0 bridgehead atoms. The predicted octanol–water partition coefficient (Wildman–Crippen LogP) is 5.39. The largest absolute Gasteiger partial charge is 0.497 e. The molecule has 0 spiro atoms. The van der Waals surface area contributed by atoms with Crippen molar-refractivity contribution < 1.29 is 14.3 Å². The number of anilines is 1. The average Bonchev–Trinajstić information content (AvgIpc) is 3.23. The van der Waals surface area contributed by atoms with E-state index in [1.807, 2.05) is 66.0 Å². The second kappa shape index (κ2) is 9.24. The first-order chi connectivity index (χ1) is 13.2. The minimum absolute atomic E-state index is 0.0597. The Morgan fingerprint density at radius 2 is 1.85 bits per heavy atom. The summed E-state index contributed by atoms with van der Waals surface area (Å²) in [6.07, 6.45) is 0.925. The molecule has 0 unspecified atom stereocenters. The van der Waals surface area contributed by atoms with Crippen molar-refractivity contribution in [2.45, 2.75) is 19.9 Å². The van der Waals surface area contributed by atoms with Gasteiger partial charge in [-0.3, -0.25) is 4.79 Å². The zero-order chi connectivity index (χ0) is 19.1. The van der Waals surface area contributed by atoms with E-state index in [-0.39, 0.29) is 5.91 Å². The van der Waals surface area contributed by atoms with Gasteiger partial charge in [-0.25, -0.2) is 0 Å². The molecule has 1 aromatic heterocycles. The molecular weight excluding hydrogens is 358 g/mol. The molecule has 0 saturated carbocycles. The predicted molar refractivity (Wildman–Crippen MR) is 110 cm³/mol. The third-order valence-electron chi connectivity index (χ3n) is 4.08. The summed E-state index contributed by atoms with van der Waals surface area (Å²) in [5.74, 6) is 1.42. The van der Waals surface area contributed by atoms with Crippen LogP contribution in [0.15, 0.2) is 66.0 Å². The summed E-state index contributed by atoms with van der Waals surface area (Å²) < 4.78 is 10.9. The van der Waals surface area contributed by atoms with Crippen molar-refractivity contribution in [1.29, 1.82) is 0 Å². The standard InChI is InChI=1S/C22H23NO3S/c1-3-13-26-20-7-4-6-17(15-20)22(24)23(16-21-8-5-14-27-21)18-9-11-19(25-2)12-10-18/h4-12,14-15H,3,13,16H2,1-2H3. The van der Waals surface area contributed by atoms with E-state index in [0.29, 0.717) is 24.5 Å². The molecule has 3 rings (SSSR count). The van der Waals surface area contributed by atoms with E-state index in [0.717, 1.165) is 22.7 Å². The minimum atomic E-state index is -0.0597. The maximum Gasteiger partial charge on any atom is 0.258 e. The van der Waals surface area contributed by atoms with E-state index >= 15 is 0 Å². The molecule has 0 aliphatic heterocycles. The average molecular weight is 381 g/mol. The minimum Gasteiger partial charge on any atom is -0.497 e. The third kappa shape index (κ3) is 4.89. The molecule has 2 aromatic carbocycles. The molecule has 27 heavy (non-hydrogen) atoms. The number of hydrogen-bond acceptors (Lipinski definition) is 4. The van der Waals surface area contributed by atoms with Crippen LogP contribution in [0, 0.1) is 0 Å². The van der Waals surface area contributed by atoms with Crippen molar-refractivity contribution in [1.82, 2.24) is 0 Å². The molecule has 1 amide bonds. The highest BCUT2D eigenvalue weighted by Crippen LogP contribution is 2.25. The molecule has 0 fully saturated rings. The van der Waals surface area contributed by atoms with Gasteiger partial charge in [-0.1, -0.05) is 19.1 Å². The van der Waals surface area contributed by atoms with Gasteiger partial charge >= 0.3 is 0 Å². The summed E-state index contributed by atoms with van der Waals surface area (Å²) in [5.41, 5.74) is 1.44. The molecule has 0 radical (unpaired) electrons. The number of amides is 1. The van der Waals surface area contributed by atoms with E-state index in [9.17, 15) is 4.79 Å². The number of carbonyl (C=O) groups excluding carboxylic acids is 1. The van der Waals surface area contributed by atoms with E-state index in [1.54, 1.807) is 23.3 Å². The number of benzene rings is 2. The van der Waals surface area contributed by atoms with Crippen LogP contribution in [-0.2, 0) is 6.54 Å². The molecule has 3 aromatic rings. The van der Waals surface area contributed by atoms with Crippen LogP contribution in [0.25, 0.3) is 0 Å². The normalized spacial score (nSPS) is 10.4. The van der Waals surface area contributed by atoms with Crippen LogP contribution >= 0.6 is 11.3 Å². The quantitative estimate of drug-likeness (QED) is 0.525. The lowest BCUT2D eigenvalue weighted by Crippen LogP contribution is -2.30. The van der Waals surface area contributed by atoms with Gasteiger partial charge in [0.15, 0.2) is 0 Å². The van der Waals surface area contributed by atoms with E-state index in [2.05, 4.69) is 6.92 Å². The lowest BCUT2D eigenvalue weighted by molar-refractivity contribution is 0.0985. The van der Waals surface area contributed by atoms with Gasteiger partial charge in [-0.15, -0.1) is 11.3 Å². The zero-order valence-electron chi connectivity index (χ0n) is 15.6. The number of thiophene rings is 1. The summed E-state index contributed by atoms with van der Waals surface area (Å²) in [7, 11) is 1.63. The Bertz CT molecular complexity index is 860. The number of ether oxygens (including phenoxy) is 2. The van der Waals surface area contributed by atoms with Gasteiger partial charge in [0.05, 0.1) is 20.3 Å². The van der Waals surface area contributed by atoms with E-state index in [4.69, 9.17) is 9.47 Å². The number of nitrogens with zero attached hydrogens (tertiary/aromatic N) is 1. The highest BCUT2D eigenvalue weighted by molar-refractivity contribution is 7.09. The van der Waals surface area contributed by atoms with Crippen LogP contribution in [0.3, 0.4) is 0 Å². The summed E-state index contributed by atoms with van der Waals surface area (Å²) in [6, 6.07) is 18.9. The first-order valence-electron chi connectivity index (χ1n) is 8.92. The van der Waals surface area contributed by atoms with Crippen LogP contribution in [-0.4, -0.2) is 19.6 Å². The molecule has 0 saturated heterocycles. The van der Waals surface area contributed by atoms with Crippen molar-refractivity contribution in [2.24, 2.45) is 0 Å². The van der Waals surface area contributed by atoms with Crippen LogP contribution in [0.1, 0.15) is 28.6 Å². The fraction of sp³-hybridized carbons (Fsp3) is 0.227. The monoisotopic (exact) mass is 381 g/mol. The molecule has 0 aliphatic carbocycles. The van der Waals surface area contributed by atoms with Gasteiger partial charge in [0.25, 0.3) is 5.91 Å². The topological polar surface area (TPSA) is 38.8 Å². The summed E-state index contributed by atoms with van der Waals surface area (Å²) in [4.78, 5) is 16.2. The lowest BCUT2D eigenvalue weighted by Gasteiger charge is -2.23. The van der Waals surface area contributed by atoms with Gasteiger partial charge < -0.3 is 14.4 Å². The first-order valence-corrected chi connectivity index (χ1v) is 9.80. The summed E-state index contributed by atoms with van der Waals surface area (Å²) in [6.45, 7) is 3.21. The molecule has 5 heteroatoms. The number of carbonyl (C=O) groups is 1. The summed E-state index contributed by atoms with van der Waals surface area (Å²) >= 11 is 1.64. The van der Waals surface area contributed by atoms with Gasteiger partial charge in [0.2, 0.25) is 0 Å². The number of rotatable bonds is 8. The SMILES string of the molecule is CCCOc1cccc(C(=O)N(Cc2cccs2)c2ccc(OC)cc2)c1. The van der Waals surface area contributed by atoms with E-state index < -0.39 is 0 Å². The van der Waals surface area contributed by atoms with Crippen molar-refractivity contribution in [3.8, 4) is 11.5 Å². The summed E-state index contributed by atoms with van der Waals surface area (Å²) in [5, 5.41) is 2.02. The Kier molecular flexibility index (Phi) is 6.49. The van der Waals surface area contributed by atoms with Crippen molar-refractivity contribution >= 4 is 22.9 Å².